The van der Waals surface area contributed by atoms with Crippen molar-refractivity contribution >= 4 is 10.8 Å². The standard InChI is InChI=1S/C37H24F10O/c1-2-3-4-5-21-6-8-22(9-7-21)23-10-12-27(30(38)17-23)25-19-32(40)34(33(41)20-25)37(46,47)48-26-11-13-28-24(16-26)18-31(39)29(35(28)42)14-15-36(43,44)45/h6-13,16-20H,2-5H2,1H3. The summed E-state index contributed by atoms with van der Waals surface area (Å²) in [7, 11) is 0. The Balaban J connectivity index is 1.38. The van der Waals surface area contributed by atoms with Gasteiger partial charge in [0, 0.05) is 16.9 Å². The minimum absolute atomic E-state index is 0.249. The van der Waals surface area contributed by atoms with E-state index < -0.39 is 69.0 Å². The summed E-state index contributed by atoms with van der Waals surface area (Å²) >= 11 is 0. The number of fused-ring (bicyclic) bond motifs is 1. The maximum atomic E-state index is 15.2. The number of hydrogen-bond acceptors (Lipinski definition) is 1. The molecular weight excluding hydrogens is 650 g/mol. The van der Waals surface area contributed by atoms with E-state index in [1.807, 2.05) is 24.3 Å². The van der Waals surface area contributed by atoms with Gasteiger partial charge in [-0.15, -0.1) is 0 Å². The second kappa shape index (κ2) is 13.6. The van der Waals surface area contributed by atoms with Gasteiger partial charge >= 0.3 is 12.3 Å². The number of aryl methyl sites for hydroxylation is 1. The van der Waals surface area contributed by atoms with Gasteiger partial charge in [0.05, 0.1) is 5.56 Å². The fourth-order valence-corrected chi connectivity index (χ4v) is 5.20. The van der Waals surface area contributed by atoms with Crippen LogP contribution in [-0.4, -0.2) is 6.18 Å². The van der Waals surface area contributed by atoms with E-state index in [0.29, 0.717) is 35.4 Å². The van der Waals surface area contributed by atoms with E-state index >= 15 is 22.0 Å². The van der Waals surface area contributed by atoms with Gasteiger partial charge in [0.15, 0.2) is 0 Å². The second-order valence-corrected chi connectivity index (χ2v) is 11.0. The van der Waals surface area contributed by atoms with E-state index in [9.17, 15) is 22.0 Å². The van der Waals surface area contributed by atoms with E-state index in [1.165, 1.54) is 24.1 Å². The summed E-state index contributed by atoms with van der Waals surface area (Å²) in [6, 6.07) is 15.4. The molecule has 248 valence electrons. The molecule has 11 heteroatoms. The molecule has 5 aromatic carbocycles. The SMILES string of the molecule is CCCCCc1ccc(-c2ccc(-c3cc(F)c(C(F)(F)Oc4ccc5c(F)c(C#CC(F)(F)F)c(F)cc5c4)c(F)c3)c(F)c2)cc1. The molecule has 0 aliphatic carbocycles. The Kier molecular flexibility index (Phi) is 9.76. The van der Waals surface area contributed by atoms with Crippen LogP contribution < -0.4 is 4.74 Å². The molecule has 0 radical (unpaired) electrons. The Morgan fingerprint density at radius 3 is 1.92 bits per heavy atom. The van der Waals surface area contributed by atoms with Gasteiger partial charge in [-0.05, 0) is 82.9 Å². The van der Waals surface area contributed by atoms with E-state index in [0.717, 1.165) is 49.3 Å². The van der Waals surface area contributed by atoms with Crippen molar-refractivity contribution < 1.29 is 48.6 Å². The number of unbranched alkanes of at least 4 members (excludes halogenated alkanes) is 2. The molecule has 48 heavy (non-hydrogen) atoms. The lowest BCUT2D eigenvalue weighted by Gasteiger charge is -2.20. The molecular formula is C37H24F10O. The summed E-state index contributed by atoms with van der Waals surface area (Å²) < 4.78 is 146. The molecule has 0 unspecified atom stereocenters. The first-order valence-electron chi connectivity index (χ1n) is 14.6. The Morgan fingerprint density at radius 1 is 0.646 bits per heavy atom. The predicted molar refractivity (Wildman–Crippen MR) is 162 cm³/mol. The van der Waals surface area contributed by atoms with Crippen LogP contribution in [0.4, 0.5) is 43.9 Å². The van der Waals surface area contributed by atoms with Crippen LogP contribution in [0.3, 0.4) is 0 Å². The van der Waals surface area contributed by atoms with Crippen molar-refractivity contribution in [3.63, 3.8) is 0 Å². The molecule has 5 rings (SSSR count). The molecule has 0 atom stereocenters. The molecule has 0 heterocycles. The fraction of sp³-hybridized carbons (Fsp3) is 0.189. The van der Waals surface area contributed by atoms with Gasteiger partial charge in [-0.3, -0.25) is 0 Å². The zero-order chi connectivity index (χ0) is 34.8. The molecule has 5 aromatic rings. The minimum Gasteiger partial charge on any atom is -0.429 e. The van der Waals surface area contributed by atoms with Crippen molar-refractivity contribution in [2.24, 2.45) is 0 Å². The third-order valence-corrected chi connectivity index (χ3v) is 7.54. The number of benzene rings is 5. The average Bonchev–Trinajstić information content (AvgIpc) is 3.00. The predicted octanol–water partition coefficient (Wildman–Crippen LogP) is 11.6. The highest BCUT2D eigenvalue weighted by Crippen LogP contribution is 2.39. The van der Waals surface area contributed by atoms with E-state index in [1.54, 1.807) is 0 Å². The lowest BCUT2D eigenvalue weighted by molar-refractivity contribution is -0.189. The lowest BCUT2D eigenvalue weighted by atomic mass is 9.97. The van der Waals surface area contributed by atoms with Crippen LogP contribution in [0.2, 0.25) is 0 Å². The Morgan fingerprint density at radius 2 is 1.29 bits per heavy atom. The van der Waals surface area contributed by atoms with Crippen LogP contribution in [-0.2, 0) is 12.5 Å². The molecule has 0 aromatic heterocycles. The quantitative estimate of drug-likeness (QED) is 0.0859. The molecule has 0 bridgehead atoms. The molecule has 0 fully saturated rings. The summed E-state index contributed by atoms with van der Waals surface area (Å²) in [5.74, 6) is -6.04. The molecule has 0 amide bonds. The summed E-state index contributed by atoms with van der Waals surface area (Å²) in [6.45, 7) is 2.11. The van der Waals surface area contributed by atoms with Crippen LogP contribution in [0.15, 0.2) is 78.9 Å². The van der Waals surface area contributed by atoms with Gasteiger partial charge in [0.2, 0.25) is 0 Å². The lowest BCUT2D eigenvalue weighted by Crippen LogP contribution is -2.25. The number of ether oxygens (including phenoxy) is 1. The van der Waals surface area contributed by atoms with E-state index in [2.05, 4.69) is 11.7 Å². The zero-order valence-electron chi connectivity index (χ0n) is 25.0. The largest absolute Gasteiger partial charge is 0.458 e. The van der Waals surface area contributed by atoms with Crippen molar-refractivity contribution in [1.82, 2.24) is 0 Å². The van der Waals surface area contributed by atoms with Crippen molar-refractivity contribution in [3.8, 4) is 39.8 Å². The zero-order valence-corrected chi connectivity index (χ0v) is 25.0. The van der Waals surface area contributed by atoms with Crippen LogP contribution >= 0.6 is 0 Å². The van der Waals surface area contributed by atoms with Crippen LogP contribution in [0.5, 0.6) is 5.75 Å². The number of hydrogen-bond donors (Lipinski definition) is 0. The fourth-order valence-electron chi connectivity index (χ4n) is 5.20. The van der Waals surface area contributed by atoms with Crippen LogP contribution in [0, 0.1) is 40.9 Å². The Bertz CT molecular complexity index is 2010. The summed E-state index contributed by atoms with van der Waals surface area (Å²) in [4.78, 5) is 0. The van der Waals surface area contributed by atoms with E-state index in [-0.39, 0.29) is 11.1 Å². The van der Waals surface area contributed by atoms with Crippen LogP contribution in [0.1, 0.15) is 42.9 Å². The van der Waals surface area contributed by atoms with E-state index in [4.69, 9.17) is 0 Å². The Hall–Kier alpha value is -4.98. The smallest absolute Gasteiger partial charge is 0.429 e. The normalized spacial score (nSPS) is 11.8. The van der Waals surface area contributed by atoms with Gasteiger partial charge in [-0.1, -0.05) is 62.1 Å². The number of rotatable bonds is 9. The van der Waals surface area contributed by atoms with Gasteiger partial charge in [0.1, 0.15) is 40.4 Å². The van der Waals surface area contributed by atoms with Crippen molar-refractivity contribution in [2.45, 2.75) is 44.9 Å². The van der Waals surface area contributed by atoms with Crippen molar-refractivity contribution in [2.75, 3.05) is 0 Å². The topological polar surface area (TPSA) is 9.23 Å². The van der Waals surface area contributed by atoms with Crippen molar-refractivity contribution in [3.05, 3.63) is 125 Å². The van der Waals surface area contributed by atoms with Crippen LogP contribution in [0.25, 0.3) is 33.0 Å². The molecule has 0 aliphatic rings. The van der Waals surface area contributed by atoms with Gasteiger partial charge in [-0.25, -0.2) is 22.0 Å². The maximum Gasteiger partial charge on any atom is 0.458 e. The molecule has 0 aliphatic heterocycles. The molecule has 0 saturated heterocycles. The average molecular weight is 675 g/mol. The van der Waals surface area contributed by atoms with Gasteiger partial charge < -0.3 is 4.74 Å². The first-order chi connectivity index (χ1) is 22.7. The molecule has 0 spiro atoms. The van der Waals surface area contributed by atoms with Gasteiger partial charge in [-0.2, -0.15) is 22.0 Å². The third-order valence-electron chi connectivity index (χ3n) is 7.54. The monoisotopic (exact) mass is 674 g/mol. The minimum atomic E-state index is -5.03. The highest BCUT2D eigenvalue weighted by molar-refractivity contribution is 5.86. The highest BCUT2D eigenvalue weighted by Gasteiger charge is 2.41. The third kappa shape index (κ3) is 7.59. The highest BCUT2D eigenvalue weighted by atomic mass is 19.4. The second-order valence-electron chi connectivity index (χ2n) is 11.0. The number of alkyl halides is 5. The summed E-state index contributed by atoms with van der Waals surface area (Å²) in [6.07, 6.45) is -5.54. The maximum absolute atomic E-state index is 15.2. The number of halogens is 10. The first kappa shape index (κ1) is 34.4. The molecule has 0 N–H and O–H groups in total. The Labute approximate surface area is 268 Å². The molecule has 0 saturated carbocycles. The summed E-state index contributed by atoms with van der Waals surface area (Å²) in [5.41, 5.74) is -1.28. The van der Waals surface area contributed by atoms with Gasteiger partial charge in [0.25, 0.3) is 0 Å². The first-order valence-corrected chi connectivity index (χ1v) is 14.6. The summed E-state index contributed by atoms with van der Waals surface area (Å²) in [5, 5.41) is -0.887. The van der Waals surface area contributed by atoms with Crippen molar-refractivity contribution in [1.29, 1.82) is 0 Å². The molecule has 1 nitrogen and oxygen atoms in total.